The van der Waals surface area contributed by atoms with Crippen LogP contribution in [0.15, 0.2) is 30.3 Å². The number of aryl methyl sites for hydroxylation is 1. The second-order valence-electron chi connectivity index (χ2n) is 7.91. The van der Waals surface area contributed by atoms with E-state index < -0.39 is 5.97 Å². The summed E-state index contributed by atoms with van der Waals surface area (Å²) in [5.41, 5.74) is 1.07. The minimum Gasteiger partial charge on any atom is -0.481 e. The molecule has 2 unspecified atom stereocenters. The third kappa shape index (κ3) is 5.79. The number of hydrogen-bond donors (Lipinski definition) is 3. The summed E-state index contributed by atoms with van der Waals surface area (Å²) in [6.45, 7) is 4.82. The van der Waals surface area contributed by atoms with E-state index in [4.69, 9.17) is 5.11 Å². The first-order valence-corrected chi connectivity index (χ1v) is 10.2. The highest BCUT2D eigenvalue weighted by atomic mass is 16.4. The molecule has 8 nitrogen and oxygen atoms in total. The quantitative estimate of drug-likeness (QED) is 0.632. The van der Waals surface area contributed by atoms with Crippen molar-refractivity contribution in [3.63, 3.8) is 0 Å². The molecule has 0 aliphatic carbocycles. The first kappa shape index (κ1) is 20.8. The van der Waals surface area contributed by atoms with Crippen LogP contribution in [0.5, 0.6) is 0 Å². The van der Waals surface area contributed by atoms with E-state index in [0.29, 0.717) is 19.4 Å². The second kappa shape index (κ2) is 9.54. The standard InChI is InChI=1S/C21H29N5O3/c1-14(2)20-25-24-18-10-8-17(13-26(18)20)23-21(29)22-16(9-11-19(27)28)12-15-6-4-3-5-7-15/h3-7,14,16-17H,8-13H2,1-2H3,(H,27,28)(H2,22,23,29). The van der Waals surface area contributed by atoms with Crippen LogP contribution in [0.3, 0.4) is 0 Å². The van der Waals surface area contributed by atoms with Crippen LogP contribution in [0.2, 0.25) is 0 Å². The fourth-order valence-corrected chi connectivity index (χ4v) is 3.73. The number of amides is 2. The zero-order valence-corrected chi connectivity index (χ0v) is 17.0. The van der Waals surface area contributed by atoms with Crippen molar-refractivity contribution in [1.82, 2.24) is 25.4 Å². The fraction of sp³-hybridized carbons (Fsp3) is 0.524. The predicted octanol–water partition coefficient (Wildman–Crippen LogP) is 2.49. The minimum absolute atomic E-state index is 0.00662. The van der Waals surface area contributed by atoms with E-state index in [9.17, 15) is 9.59 Å². The average molecular weight is 399 g/mol. The van der Waals surface area contributed by atoms with Crippen molar-refractivity contribution < 1.29 is 14.7 Å². The van der Waals surface area contributed by atoms with Gasteiger partial charge in [-0.15, -0.1) is 10.2 Å². The number of hydrogen-bond acceptors (Lipinski definition) is 4. The number of nitrogens with zero attached hydrogens (tertiary/aromatic N) is 3. The Balaban J connectivity index is 1.59. The molecule has 8 heteroatoms. The zero-order valence-electron chi connectivity index (χ0n) is 17.0. The van der Waals surface area contributed by atoms with Crippen LogP contribution in [0.1, 0.15) is 56.2 Å². The van der Waals surface area contributed by atoms with Gasteiger partial charge in [0.2, 0.25) is 0 Å². The molecule has 0 saturated carbocycles. The number of carboxylic acid groups (broad SMARTS) is 1. The molecule has 29 heavy (non-hydrogen) atoms. The van der Waals surface area contributed by atoms with E-state index in [1.807, 2.05) is 30.3 Å². The third-order valence-corrected chi connectivity index (χ3v) is 5.19. The van der Waals surface area contributed by atoms with Gasteiger partial charge in [0.15, 0.2) is 0 Å². The fourth-order valence-electron chi connectivity index (χ4n) is 3.73. The summed E-state index contributed by atoms with van der Waals surface area (Å²) in [5.74, 6) is 1.32. The van der Waals surface area contributed by atoms with Gasteiger partial charge in [-0.2, -0.15) is 0 Å². The number of urea groups is 1. The van der Waals surface area contributed by atoms with E-state index in [1.165, 1.54) is 0 Å². The van der Waals surface area contributed by atoms with Gasteiger partial charge in [0.1, 0.15) is 11.6 Å². The molecule has 1 aliphatic heterocycles. The van der Waals surface area contributed by atoms with E-state index in [2.05, 4.69) is 39.2 Å². The molecule has 1 aromatic carbocycles. The van der Waals surface area contributed by atoms with Crippen molar-refractivity contribution in [2.75, 3.05) is 0 Å². The molecule has 0 bridgehead atoms. The maximum atomic E-state index is 12.6. The van der Waals surface area contributed by atoms with E-state index >= 15 is 0 Å². The summed E-state index contributed by atoms with van der Waals surface area (Å²) in [7, 11) is 0. The number of rotatable bonds is 8. The van der Waals surface area contributed by atoms with Gasteiger partial charge in [-0.05, 0) is 24.8 Å². The van der Waals surface area contributed by atoms with Crippen molar-refractivity contribution in [3.8, 4) is 0 Å². The number of fused-ring (bicyclic) bond motifs is 1. The molecule has 2 amide bonds. The topological polar surface area (TPSA) is 109 Å². The number of carbonyl (C=O) groups excluding carboxylic acids is 1. The van der Waals surface area contributed by atoms with Crippen LogP contribution in [0, 0.1) is 0 Å². The molecule has 2 heterocycles. The molecule has 2 aromatic rings. The maximum Gasteiger partial charge on any atom is 0.315 e. The lowest BCUT2D eigenvalue weighted by molar-refractivity contribution is -0.137. The number of aromatic nitrogens is 3. The van der Waals surface area contributed by atoms with Crippen LogP contribution >= 0.6 is 0 Å². The van der Waals surface area contributed by atoms with Gasteiger partial charge in [-0.25, -0.2) is 4.79 Å². The van der Waals surface area contributed by atoms with Gasteiger partial charge >= 0.3 is 12.0 Å². The number of benzene rings is 1. The van der Waals surface area contributed by atoms with Crippen molar-refractivity contribution >= 4 is 12.0 Å². The number of carboxylic acids is 1. The smallest absolute Gasteiger partial charge is 0.315 e. The maximum absolute atomic E-state index is 12.6. The lowest BCUT2D eigenvalue weighted by atomic mass is 10.0. The highest BCUT2D eigenvalue weighted by Crippen LogP contribution is 2.20. The Kier molecular flexibility index (Phi) is 6.85. The Morgan fingerprint density at radius 2 is 2.00 bits per heavy atom. The van der Waals surface area contributed by atoms with Crippen molar-refractivity contribution in [2.45, 2.75) is 70.5 Å². The molecule has 156 valence electrons. The number of carbonyl (C=O) groups is 2. The first-order chi connectivity index (χ1) is 13.9. The van der Waals surface area contributed by atoms with Crippen LogP contribution in [0.4, 0.5) is 4.79 Å². The van der Waals surface area contributed by atoms with Gasteiger partial charge in [-0.3, -0.25) is 4.79 Å². The second-order valence-corrected chi connectivity index (χ2v) is 7.91. The summed E-state index contributed by atoms with van der Waals surface area (Å²) in [4.78, 5) is 23.6. The summed E-state index contributed by atoms with van der Waals surface area (Å²) < 4.78 is 2.10. The molecule has 0 spiro atoms. The van der Waals surface area contributed by atoms with Crippen LogP contribution in [-0.4, -0.2) is 44.0 Å². The Hall–Kier alpha value is -2.90. The van der Waals surface area contributed by atoms with Crippen molar-refractivity contribution in [2.24, 2.45) is 0 Å². The SMILES string of the molecule is CC(C)c1nnc2n1CC(NC(=O)NC(CCC(=O)O)Cc1ccccc1)CC2. The summed E-state index contributed by atoms with van der Waals surface area (Å²) in [5, 5.41) is 23.6. The molecule has 0 saturated heterocycles. The molecule has 0 fully saturated rings. The van der Waals surface area contributed by atoms with Crippen LogP contribution in [-0.2, 0) is 24.2 Å². The first-order valence-electron chi connectivity index (χ1n) is 10.2. The molecular formula is C21H29N5O3. The lowest BCUT2D eigenvalue weighted by Crippen LogP contribution is -2.49. The molecule has 0 radical (unpaired) electrons. The van der Waals surface area contributed by atoms with Gasteiger partial charge in [-0.1, -0.05) is 44.2 Å². The van der Waals surface area contributed by atoms with Crippen LogP contribution < -0.4 is 10.6 Å². The van der Waals surface area contributed by atoms with Gasteiger partial charge < -0.3 is 20.3 Å². The van der Waals surface area contributed by atoms with Crippen LogP contribution in [0.25, 0.3) is 0 Å². The minimum atomic E-state index is -0.862. The summed E-state index contributed by atoms with van der Waals surface area (Å²) >= 11 is 0. The molecule has 2 atom stereocenters. The average Bonchev–Trinajstić information content (AvgIpc) is 3.10. The molecule has 3 rings (SSSR count). The van der Waals surface area contributed by atoms with E-state index in [0.717, 1.165) is 30.1 Å². The molecule has 1 aliphatic rings. The normalized spacial score (nSPS) is 16.9. The summed E-state index contributed by atoms with van der Waals surface area (Å²) in [6.07, 6.45) is 2.58. The highest BCUT2D eigenvalue weighted by Gasteiger charge is 2.25. The van der Waals surface area contributed by atoms with E-state index in [1.54, 1.807) is 0 Å². The van der Waals surface area contributed by atoms with Gasteiger partial charge in [0.05, 0.1) is 0 Å². The highest BCUT2D eigenvalue weighted by molar-refractivity contribution is 5.74. The monoisotopic (exact) mass is 399 g/mol. The Bertz CT molecular complexity index is 834. The number of nitrogens with one attached hydrogen (secondary N) is 2. The Morgan fingerprint density at radius 1 is 1.24 bits per heavy atom. The van der Waals surface area contributed by atoms with E-state index in [-0.39, 0.29) is 30.5 Å². The predicted molar refractivity (Wildman–Crippen MR) is 109 cm³/mol. The van der Waals surface area contributed by atoms with Crippen molar-refractivity contribution in [3.05, 3.63) is 47.5 Å². The van der Waals surface area contributed by atoms with Gasteiger partial charge in [0.25, 0.3) is 0 Å². The Morgan fingerprint density at radius 3 is 2.69 bits per heavy atom. The third-order valence-electron chi connectivity index (χ3n) is 5.19. The zero-order chi connectivity index (χ0) is 20.8. The molecule has 3 N–H and O–H groups in total. The van der Waals surface area contributed by atoms with Crippen molar-refractivity contribution in [1.29, 1.82) is 0 Å². The number of aliphatic carboxylic acids is 1. The lowest BCUT2D eigenvalue weighted by Gasteiger charge is -2.27. The molecular weight excluding hydrogens is 370 g/mol. The Labute approximate surface area is 170 Å². The largest absolute Gasteiger partial charge is 0.481 e. The van der Waals surface area contributed by atoms with Gasteiger partial charge in [0, 0.05) is 37.4 Å². The summed E-state index contributed by atoms with van der Waals surface area (Å²) in [6, 6.07) is 9.27. The molecule has 1 aromatic heterocycles.